The average Bonchev–Trinajstić information content (AvgIpc) is 3.23. The van der Waals surface area contributed by atoms with Gasteiger partial charge >= 0.3 is 0 Å². The van der Waals surface area contributed by atoms with E-state index >= 15 is 0 Å². The molecule has 136 valence electrons. The smallest absolute Gasteiger partial charge is 0.220 e. The molecule has 1 fully saturated rings. The molecule has 0 aliphatic carbocycles. The summed E-state index contributed by atoms with van der Waals surface area (Å²) in [6, 6.07) is 4.00. The maximum absolute atomic E-state index is 12.2. The first kappa shape index (κ1) is 17.7. The van der Waals surface area contributed by atoms with Gasteiger partial charge in [-0.05, 0) is 31.0 Å². The van der Waals surface area contributed by atoms with Crippen molar-refractivity contribution in [2.24, 2.45) is 7.05 Å². The first-order valence-corrected chi connectivity index (χ1v) is 8.74. The Balaban J connectivity index is 1.55. The lowest BCUT2D eigenvalue weighted by atomic mass is 10.1. The van der Waals surface area contributed by atoms with Crippen molar-refractivity contribution >= 4 is 5.91 Å². The Labute approximate surface area is 147 Å². The van der Waals surface area contributed by atoms with Gasteiger partial charge < -0.3 is 14.5 Å². The summed E-state index contributed by atoms with van der Waals surface area (Å²) in [5, 5.41) is 7.18. The third-order valence-electron chi connectivity index (χ3n) is 4.47. The maximum atomic E-state index is 12.2. The van der Waals surface area contributed by atoms with Crippen molar-refractivity contribution in [2.75, 3.05) is 32.8 Å². The van der Waals surface area contributed by atoms with Crippen LogP contribution in [0, 0.1) is 6.92 Å². The van der Waals surface area contributed by atoms with Crippen LogP contribution in [0.2, 0.25) is 0 Å². The van der Waals surface area contributed by atoms with Crippen LogP contribution >= 0.6 is 0 Å². The van der Waals surface area contributed by atoms with Gasteiger partial charge in [-0.3, -0.25) is 14.4 Å². The van der Waals surface area contributed by atoms with E-state index in [9.17, 15) is 4.79 Å². The zero-order chi connectivity index (χ0) is 17.6. The second kappa shape index (κ2) is 8.31. The van der Waals surface area contributed by atoms with Gasteiger partial charge in [-0.2, -0.15) is 5.10 Å². The van der Waals surface area contributed by atoms with Crippen LogP contribution in [0.4, 0.5) is 0 Å². The second-order valence-corrected chi connectivity index (χ2v) is 6.44. The highest BCUT2D eigenvalue weighted by atomic mass is 16.5. The van der Waals surface area contributed by atoms with E-state index in [0.29, 0.717) is 32.6 Å². The Morgan fingerprint density at radius 3 is 2.80 bits per heavy atom. The fourth-order valence-electron chi connectivity index (χ4n) is 3.09. The number of rotatable bonds is 7. The molecule has 1 unspecified atom stereocenters. The first-order chi connectivity index (χ1) is 12.1. The van der Waals surface area contributed by atoms with E-state index in [1.165, 1.54) is 0 Å². The summed E-state index contributed by atoms with van der Waals surface area (Å²) in [5.74, 6) is 1.83. The number of amides is 1. The van der Waals surface area contributed by atoms with Gasteiger partial charge in [0.25, 0.3) is 0 Å². The molecular formula is C18H26N4O3. The topological polar surface area (TPSA) is 72.5 Å². The molecule has 1 aliphatic heterocycles. The highest BCUT2D eigenvalue weighted by molar-refractivity contribution is 5.76. The minimum atomic E-state index is 0.0416. The van der Waals surface area contributed by atoms with Crippen LogP contribution in [-0.2, 0) is 23.0 Å². The average molecular weight is 346 g/mol. The highest BCUT2D eigenvalue weighted by Crippen LogP contribution is 2.23. The number of ether oxygens (including phenoxy) is 1. The Morgan fingerprint density at radius 2 is 2.16 bits per heavy atom. The van der Waals surface area contributed by atoms with Gasteiger partial charge in [0.2, 0.25) is 5.91 Å². The first-order valence-electron chi connectivity index (χ1n) is 8.74. The molecule has 3 rings (SSSR count). The van der Waals surface area contributed by atoms with Gasteiger partial charge in [0.05, 0.1) is 25.5 Å². The molecule has 0 radical (unpaired) electrons. The lowest BCUT2D eigenvalue weighted by Gasteiger charge is -2.33. The van der Waals surface area contributed by atoms with Crippen LogP contribution in [0.5, 0.6) is 0 Å². The fourth-order valence-corrected chi connectivity index (χ4v) is 3.09. The van der Waals surface area contributed by atoms with Crippen LogP contribution < -0.4 is 5.32 Å². The Hall–Kier alpha value is -2.12. The molecule has 0 bridgehead atoms. The van der Waals surface area contributed by atoms with Gasteiger partial charge in [0, 0.05) is 39.3 Å². The lowest BCUT2D eigenvalue weighted by Crippen LogP contribution is -2.43. The molecule has 0 saturated carbocycles. The molecule has 1 saturated heterocycles. The van der Waals surface area contributed by atoms with E-state index in [-0.39, 0.29) is 11.9 Å². The molecule has 0 aromatic carbocycles. The van der Waals surface area contributed by atoms with E-state index in [2.05, 4.69) is 15.3 Å². The molecule has 7 heteroatoms. The Morgan fingerprint density at radius 1 is 1.36 bits per heavy atom. The van der Waals surface area contributed by atoms with Gasteiger partial charge in [-0.15, -0.1) is 0 Å². The summed E-state index contributed by atoms with van der Waals surface area (Å²) in [6.45, 7) is 5.59. The van der Waals surface area contributed by atoms with Gasteiger partial charge in [-0.1, -0.05) is 0 Å². The molecule has 25 heavy (non-hydrogen) atoms. The fraction of sp³-hybridized carbons (Fsp3) is 0.556. The largest absolute Gasteiger partial charge is 0.465 e. The third kappa shape index (κ3) is 4.93. The van der Waals surface area contributed by atoms with E-state index in [0.717, 1.165) is 30.2 Å². The van der Waals surface area contributed by atoms with Crippen molar-refractivity contribution in [3.8, 4) is 0 Å². The molecule has 7 nitrogen and oxygen atoms in total. The van der Waals surface area contributed by atoms with E-state index in [4.69, 9.17) is 9.15 Å². The zero-order valence-electron chi connectivity index (χ0n) is 14.9. The second-order valence-electron chi connectivity index (χ2n) is 6.44. The molecule has 2 aromatic rings. The monoisotopic (exact) mass is 346 g/mol. The number of nitrogens with zero attached hydrogens (tertiary/aromatic N) is 3. The quantitative estimate of drug-likeness (QED) is 0.821. The standard InChI is InChI=1S/C18H26N4O3/c1-14-3-5-17(25-14)16(22-7-9-24-10-8-22)12-19-18(23)6-4-15-11-20-21(2)13-15/h3,5,11,13,16H,4,6-10,12H2,1-2H3,(H,19,23). The summed E-state index contributed by atoms with van der Waals surface area (Å²) >= 11 is 0. The Kier molecular flexibility index (Phi) is 5.88. The normalized spacial score (nSPS) is 16.7. The van der Waals surface area contributed by atoms with Crippen molar-refractivity contribution in [1.82, 2.24) is 20.0 Å². The number of furan rings is 1. The number of aryl methyl sites for hydroxylation is 3. The SMILES string of the molecule is Cc1ccc(C(CNC(=O)CCc2cnn(C)c2)N2CCOCC2)o1. The van der Waals surface area contributed by atoms with Crippen molar-refractivity contribution < 1.29 is 13.9 Å². The highest BCUT2D eigenvalue weighted by Gasteiger charge is 2.25. The van der Waals surface area contributed by atoms with Gasteiger partial charge in [-0.25, -0.2) is 0 Å². The molecule has 1 atom stereocenters. The zero-order valence-corrected chi connectivity index (χ0v) is 14.9. The molecule has 1 aliphatic rings. The number of aromatic nitrogens is 2. The van der Waals surface area contributed by atoms with Crippen LogP contribution in [0.1, 0.15) is 29.5 Å². The van der Waals surface area contributed by atoms with E-state index in [1.54, 1.807) is 10.9 Å². The third-order valence-corrected chi connectivity index (χ3v) is 4.47. The molecule has 2 aromatic heterocycles. The van der Waals surface area contributed by atoms with Crippen molar-refractivity contribution in [3.05, 3.63) is 41.6 Å². The molecule has 1 N–H and O–H groups in total. The number of hydrogen-bond donors (Lipinski definition) is 1. The van der Waals surface area contributed by atoms with Crippen LogP contribution in [0.3, 0.4) is 0 Å². The molecule has 1 amide bonds. The maximum Gasteiger partial charge on any atom is 0.220 e. The number of nitrogens with one attached hydrogen (secondary N) is 1. The van der Waals surface area contributed by atoms with E-state index < -0.39 is 0 Å². The van der Waals surface area contributed by atoms with Crippen molar-refractivity contribution in [3.63, 3.8) is 0 Å². The summed E-state index contributed by atoms with van der Waals surface area (Å²) in [6.07, 6.45) is 4.89. The van der Waals surface area contributed by atoms with E-state index in [1.807, 2.05) is 32.3 Å². The van der Waals surface area contributed by atoms with Crippen molar-refractivity contribution in [1.29, 1.82) is 0 Å². The molecule has 3 heterocycles. The van der Waals surface area contributed by atoms with Crippen LogP contribution in [-0.4, -0.2) is 53.4 Å². The van der Waals surface area contributed by atoms with Crippen LogP contribution in [0.25, 0.3) is 0 Å². The van der Waals surface area contributed by atoms with Gasteiger partial charge in [0.1, 0.15) is 11.5 Å². The number of carbonyl (C=O) groups is 1. The molecular weight excluding hydrogens is 320 g/mol. The molecule has 0 spiro atoms. The van der Waals surface area contributed by atoms with Crippen molar-refractivity contribution in [2.45, 2.75) is 25.8 Å². The van der Waals surface area contributed by atoms with Gasteiger partial charge in [0.15, 0.2) is 0 Å². The minimum Gasteiger partial charge on any atom is -0.465 e. The summed E-state index contributed by atoms with van der Waals surface area (Å²) < 4.78 is 13.0. The Bertz CT molecular complexity index is 688. The lowest BCUT2D eigenvalue weighted by molar-refractivity contribution is -0.121. The number of carbonyl (C=O) groups excluding carboxylic acids is 1. The summed E-state index contributed by atoms with van der Waals surface area (Å²) in [5.41, 5.74) is 1.07. The predicted octanol–water partition coefficient (Wildman–Crippen LogP) is 1.44. The predicted molar refractivity (Wildman–Crippen MR) is 93.1 cm³/mol. The summed E-state index contributed by atoms with van der Waals surface area (Å²) in [4.78, 5) is 14.5. The number of hydrogen-bond acceptors (Lipinski definition) is 5. The van der Waals surface area contributed by atoms with Crippen LogP contribution in [0.15, 0.2) is 28.9 Å². The summed E-state index contributed by atoms with van der Waals surface area (Å²) in [7, 11) is 1.88. The minimum absolute atomic E-state index is 0.0416. The number of morpholine rings is 1.